The third-order valence-electron chi connectivity index (χ3n) is 3.94. The Bertz CT molecular complexity index is 577. The molecule has 4 heteroatoms. The van der Waals surface area contributed by atoms with Gasteiger partial charge in [0.15, 0.2) is 0 Å². The molecule has 21 heavy (non-hydrogen) atoms. The van der Waals surface area contributed by atoms with Crippen molar-refractivity contribution in [3.05, 3.63) is 66.0 Å². The minimum Gasteiger partial charge on any atom is -0.327 e. The number of pyridine rings is 1. The number of hydrogen-bond acceptors (Lipinski definition) is 2. The molecule has 4 nitrogen and oxygen atoms in total. The molecule has 2 aromatic rings. The Morgan fingerprint density at radius 3 is 2.43 bits per heavy atom. The average Bonchev–Trinajstić information content (AvgIpc) is 2.57. The Morgan fingerprint density at radius 1 is 1.05 bits per heavy atom. The largest absolute Gasteiger partial charge is 0.327 e. The van der Waals surface area contributed by atoms with Crippen molar-refractivity contribution in [2.24, 2.45) is 0 Å². The second-order valence-electron chi connectivity index (χ2n) is 5.41. The molecule has 3 rings (SSSR count). The van der Waals surface area contributed by atoms with E-state index < -0.39 is 0 Å². The van der Waals surface area contributed by atoms with Gasteiger partial charge in [0.05, 0.1) is 31.9 Å². The smallest absolute Gasteiger partial charge is 0.254 e. The lowest BCUT2D eigenvalue weighted by Gasteiger charge is -2.32. The van der Waals surface area contributed by atoms with Crippen LogP contribution in [0.5, 0.6) is 0 Å². The van der Waals surface area contributed by atoms with Crippen LogP contribution in [0.25, 0.3) is 0 Å². The zero-order valence-corrected chi connectivity index (χ0v) is 12.0. The van der Waals surface area contributed by atoms with Gasteiger partial charge in [0.1, 0.15) is 6.54 Å². The second kappa shape index (κ2) is 6.50. The molecule has 1 N–H and O–H groups in total. The van der Waals surface area contributed by atoms with Crippen molar-refractivity contribution >= 4 is 5.91 Å². The zero-order chi connectivity index (χ0) is 14.5. The van der Waals surface area contributed by atoms with Crippen LogP contribution in [-0.4, -0.2) is 42.0 Å². The van der Waals surface area contributed by atoms with Crippen molar-refractivity contribution < 1.29 is 9.69 Å². The van der Waals surface area contributed by atoms with Gasteiger partial charge in [0.25, 0.3) is 5.91 Å². The Kier molecular flexibility index (Phi) is 4.26. The van der Waals surface area contributed by atoms with E-state index in [0.717, 1.165) is 44.0 Å². The van der Waals surface area contributed by atoms with Crippen LogP contribution in [0.2, 0.25) is 0 Å². The monoisotopic (exact) mass is 282 g/mol. The molecule has 1 aliphatic rings. The number of quaternary nitrogens is 1. The van der Waals surface area contributed by atoms with Crippen LogP contribution in [0.15, 0.2) is 54.7 Å². The first kappa shape index (κ1) is 13.8. The van der Waals surface area contributed by atoms with Gasteiger partial charge in [-0.15, -0.1) is 0 Å². The van der Waals surface area contributed by atoms with Gasteiger partial charge < -0.3 is 9.80 Å². The molecule has 0 radical (unpaired) electrons. The lowest BCUT2D eigenvalue weighted by molar-refractivity contribution is -0.917. The standard InChI is InChI=1S/C17H19N3O/c21-17(15-6-2-1-3-7-15)20-12-10-19(11-13-20)14-16-8-4-5-9-18-16/h1-9H,10-14H2/p+1. The molecule has 0 spiro atoms. The normalized spacial score (nSPS) is 15.9. The van der Waals surface area contributed by atoms with E-state index in [1.54, 1.807) is 0 Å². The molecule has 1 aliphatic heterocycles. The molecule has 0 saturated carbocycles. The Morgan fingerprint density at radius 2 is 1.76 bits per heavy atom. The number of piperazine rings is 1. The van der Waals surface area contributed by atoms with E-state index in [1.807, 2.05) is 53.6 Å². The summed E-state index contributed by atoms with van der Waals surface area (Å²) in [6, 6.07) is 15.6. The Balaban J connectivity index is 1.54. The SMILES string of the molecule is O=C(c1ccccc1)N1CC[NH+](Cc2ccccn2)CC1. The summed E-state index contributed by atoms with van der Waals surface area (Å²) >= 11 is 0. The van der Waals surface area contributed by atoms with Crippen LogP contribution < -0.4 is 4.90 Å². The predicted molar refractivity (Wildman–Crippen MR) is 81.0 cm³/mol. The minimum absolute atomic E-state index is 0.146. The van der Waals surface area contributed by atoms with Crippen LogP contribution in [0.4, 0.5) is 0 Å². The highest BCUT2D eigenvalue weighted by atomic mass is 16.2. The topological polar surface area (TPSA) is 37.6 Å². The van der Waals surface area contributed by atoms with Crippen molar-refractivity contribution in [1.29, 1.82) is 0 Å². The number of amides is 1. The van der Waals surface area contributed by atoms with Crippen molar-refractivity contribution in [1.82, 2.24) is 9.88 Å². The number of benzene rings is 1. The molecule has 2 heterocycles. The quantitative estimate of drug-likeness (QED) is 0.896. The minimum atomic E-state index is 0.146. The van der Waals surface area contributed by atoms with Gasteiger partial charge in [-0.3, -0.25) is 9.78 Å². The molecule has 1 fully saturated rings. The van der Waals surface area contributed by atoms with Crippen LogP contribution in [0.1, 0.15) is 16.1 Å². The Labute approximate surface area is 125 Å². The predicted octanol–water partition coefficient (Wildman–Crippen LogP) is 0.622. The molecular formula is C17H20N3O+. The summed E-state index contributed by atoms with van der Waals surface area (Å²) in [6.45, 7) is 4.53. The molecule has 1 saturated heterocycles. The fourth-order valence-corrected chi connectivity index (χ4v) is 2.72. The van der Waals surface area contributed by atoms with Crippen molar-refractivity contribution in [2.45, 2.75) is 6.54 Å². The molecule has 0 unspecified atom stereocenters. The summed E-state index contributed by atoms with van der Waals surface area (Å²) in [6.07, 6.45) is 1.84. The average molecular weight is 282 g/mol. The van der Waals surface area contributed by atoms with Gasteiger partial charge in [-0.05, 0) is 24.3 Å². The van der Waals surface area contributed by atoms with Crippen molar-refractivity contribution in [3.8, 4) is 0 Å². The second-order valence-corrected chi connectivity index (χ2v) is 5.41. The van der Waals surface area contributed by atoms with E-state index in [2.05, 4.69) is 11.1 Å². The molecule has 0 aliphatic carbocycles. The lowest BCUT2D eigenvalue weighted by atomic mass is 10.2. The van der Waals surface area contributed by atoms with Crippen LogP contribution in [-0.2, 0) is 6.54 Å². The molecule has 108 valence electrons. The Hall–Kier alpha value is -2.20. The number of carbonyl (C=O) groups excluding carboxylic acids is 1. The fourth-order valence-electron chi connectivity index (χ4n) is 2.72. The van der Waals surface area contributed by atoms with E-state index in [0.29, 0.717) is 0 Å². The highest BCUT2D eigenvalue weighted by Crippen LogP contribution is 2.04. The number of hydrogen-bond donors (Lipinski definition) is 1. The first-order valence-corrected chi connectivity index (χ1v) is 7.41. The summed E-state index contributed by atoms with van der Waals surface area (Å²) in [7, 11) is 0. The molecule has 0 atom stereocenters. The summed E-state index contributed by atoms with van der Waals surface area (Å²) in [5, 5.41) is 0. The van der Waals surface area contributed by atoms with E-state index in [1.165, 1.54) is 4.90 Å². The first-order valence-electron chi connectivity index (χ1n) is 7.41. The number of aromatic nitrogens is 1. The van der Waals surface area contributed by atoms with Crippen molar-refractivity contribution in [2.75, 3.05) is 26.2 Å². The van der Waals surface area contributed by atoms with Gasteiger partial charge in [-0.25, -0.2) is 0 Å². The maximum Gasteiger partial charge on any atom is 0.254 e. The third-order valence-corrected chi connectivity index (χ3v) is 3.94. The number of nitrogens with one attached hydrogen (secondary N) is 1. The van der Waals surface area contributed by atoms with E-state index in [-0.39, 0.29) is 5.91 Å². The van der Waals surface area contributed by atoms with Gasteiger partial charge in [-0.1, -0.05) is 24.3 Å². The summed E-state index contributed by atoms with van der Waals surface area (Å²) in [5.41, 5.74) is 1.90. The number of nitrogens with zero attached hydrogens (tertiary/aromatic N) is 2. The lowest BCUT2D eigenvalue weighted by Crippen LogP contribution is -3.13. The van der Waals surface area contributed by atoms with Crippen LogP contribution in [0.3, 0.4) is 0 Å². The third kappa shape index (κ3) is 3.47. The van der Waals surface area contributed by atoms with E-state index >= 15 is 0 Å². The van der Waals surface area contributed by atoms with E-state index in [9.17, 15) is 4.79 Å². The van der Waals surface area contributed by atoms with Crippen molar-refractivity contribution in [3.63, 3.8) is 0 Å². The summed E-state index contributed by atoms with van der Waals surface area (Å²) in [4.78, 5) is 20.2. The maximum atomic E-state index is 12.4. The molecule has 1 aromatic heterocycles. The number of carbonyl (C=O) groups is 1. The highest BCUT2D eigenvalue weighted by Gasteiger charge is 2.24. The van der Waals surface area contributed by atoms with Gasteiger partial charge >= 0.3 is 0 Å². The van der Waals surface area contributed by atoms with Gasteiger partial charge in [0, 0.05) is 11.8 Å². The summed E-state index contributed by atoms with van der Waals surface area (Å²) < 4.78 is 0. The molecule has 1 amide bonds. The van der Waals surface area contributed by atoms with Crippen LogP contribution >= 0.6 is 0 Å². The van der Waals surface area contributed by atoms with Gasteiger partial charge in [-0.2, -0.15) is 0 Å². The van der Waals surface area contributed by atoms with Crippen LogP contribution in [0, 0.1) is 0 Å². The first-order chi connectivity index (χ1) is 10.3. The van der Waals surface area contributed by atoms with Gasteiger partial charge in [0.2, 0.25) is 0 Å². The van der Waals surface area contributed by atoms with E-state index in [4.69, 9.17) is 0 Å². The number of rotatable bonds is 3. The molecule has 1 aromatic carbocycles. The maximum absolute atomic E-state index is 12.4. The fraction of sp³-hybridized carbons (Fsp3) is 0.294. The summed E-state index contributed by atoms with van der Waals surface area (Å²) in [5.74, 6) is 0.146. The highest BCUT2D eigenvalue weighted by molar-refractivity contribution is 5.94. The zero-order valence-electron chi connectivity index (χ0n) is 12.0. The molecule has 0 bridgehead atoms. The molecular weight excluding hydrogens is 262 g/mol.